The highest BCUT2D eigenvalue weighted by Crippen LogP contribution is 2.22. The number of carbonyl (C=O) groups is 1. The molecule has 1 amide bonds. The number of carbonyl (C=O) groups excluding carboxylic acids is 1. The highest BCUT2D eigenvalue weighted by atomic mass is 32.2. The van der Waals surface area contributed by atoms with Gasteiger partial charge in [0.2, 0.25) is 0 Å². The predicted molar refractivity (Wildman–Crippen MR) is 112 cm³/mol. The standard InChI is InChI=1S/C21H24N4O3S/c1-15(2)16-7-9-17(10-8-16)29(27,28)25-19-6-4-3-5-18(19)21(26)24-12-11-20-22-13-14-23-20/h3-10,13-15,25H,11-12H2,1-2H3,(H,22,23)(H,24,26). The fourth-order valence-corrected chi connectivity index (χ4v) is 3.91. The molecule has 0 aliphatic carbocycles. The van der Waals surface area contributed by atoms with E-state index >= 15 is 0 Å². The molecular formula is C21H24N4O3S. The summed E-state index contributed by atoms with van der Waals surface area (Å²) in [6, 6.07) is 13.3. The van der Waals surface area contributed by atoms with Crippen LogP contribution in [-0.2, 0) is 16.4 Å². The van der Waals surface area contributed by atoms with Crippen LogP contribution < -0.4 is 10.0 Å². The van der Waals surface area contributed by atoms with Crippen LogP contribution in [0.1, 0.15) is 41.5 Å². The van der Waals surface area contributed by atoms with Gasteiger partial charge in [-0.2, -0.15) is 0 Å². The van der Waals surface area contributed by atoms with Crippen molar-refractivity contribution < 1.29 is 13.2 Å². The van der Waals surface area contributed by atoms with Gasteiger partial charge in [-0.25, -0.2) is 13.4 Å². The van der Waals surface area contributed by atoms with Crippen molar-refractivity contribution in [3.63, 3.8) is 0 Å². The van der Waals surface area contributed by atoms with Crippen LogP contribution in [0.5, 0.6) is 0 Å². The van der Waals surface area contributed by atoms with E-state index < -0.39 is 10.0 Å². The molecule has 152 valence electrons. The van der Waals surface area contributed by atoms with E-state index in [4.69, 9.17) is 0 Å². The molecule has 1 heterocycles. The minimum atomic E-state index is -3.81. The molecule has 0 spiro atoms. The maximum absolute atomic E-state index is 12.8. The van der Waals surface area contributed by atoms with E-state index in [9.17, 15) is 13.2 Å². The number of amides is 1. The summed E-state index contributed by atoms with van der Waals surface area (Å²) in [5, 5.41) is 2.79. The Kier molecular flexibility index (Phi) is 6.33. The van der Waals surface area contributed by atoms with Crippen molar-refractivity contribution in [2.75, 3.05) is 11.3 Å². The molecule has 7 nitrogen and oxygen atoms in total. The molecule has 29 heavy (non-hydrogen) atoms. The lowest BCUT2D eigenvalue weighted by Gasteiger charge is -2.13. The van der Waals surface area contributed by atoms with Gasteiger partial charge >= 0.3 is 0 Å². The first-order chi connectivity index (χ1) is 13.9. The number of rotatable bonds is 8. The average molecular weight is 413 g/mol. The number of aromatic amines is 1. The van der Waals surface area contributed by atoms with Crippen LogP contribution >= 0.6 is 0 Å². The predicted octanol–water partition coefficient (Wildman–Crippen LogP) is 3.31. The van der Waals surface area contributed by atoms with Crippen LogP contribution in [0.2, 0.25) is 0 Å². The zero-order valence-electron chi connectivity index (χ0n) is 16.3. The van der Waals surface area contributed by atoms with E-state index in [2.05, 4.69) is 20.0 Å². The van der Waals surface area contributed by atoms with Crippen LogP contribution in [0.3, 0.4) is 0 Å². The van der Waals surface area contributed by atoms with Gasteiger partial charge in [0, 0.05) is 25.4 Å². The highest BCUT2D eigenvalue weighted by Gasteiger charge is 2.18. The Morgan fingerprint density at radius 3 is 2.48 bits per heavy atom. The second-order valence-corrected chi connectivity index (χ2v) is 8.60. The molecule has 0 fully saturated rings. The third-order valence-electron chi connectivity index (χ3n) is 4.48. The van der Waals surface area contributed by atoms with Gasteiger partial charge < -0.3 is 10.3 Å². The molecule has 0 saturated carbocycles. The Bertz CT molecular complexity index is 1060. The van der Waals surface area contributed by atoms with Crippen molar-refractivity contribution in [3.8, 4) is 0 Å². The molecule has 3 rings (SSSR count). The fraction of sp³-hybridized carbons (Fsp3) is 0.238. The number of hydrogen-bond donors (Lipinski definition) is 3. The number of sulfonamides is 1. The summed E-state index contributed by atoms with van der Waals surface area (Å²) in [4.78, 5) is 19.8. The molecule has 0 unspecified atom stereocenters. The largest absolute Gasteiger partial charge is 0.352 e. The molecule has 3 N–H and O–H groups in total. The molecule has 0 bridgehead atoms. The number of nitrogens with zero attached hydrogens (tertiary/aromatic N) is 1. The summed E-state index contributed by atoms with van der Waals surface area (Å²) in [7, 11) is -3.81. The summed E-state index contributed by atoms with van der Waals surface area (Å²) >= 11 is 0. The lowest BCUT2D eigenvalue weighted by Crippen LogP contribution is -2.27. The van der Waals surface area contributed by atoms with Gasteiger partial charge in [0.1, 0.15) is 5.82 Å². The number of nitrogens with one attached hydrogen (secondary N) is 3. The van der Waals surface area contributed by atoms with Gasteiger partial charge in [-0.3, -0.25) is 9.52 Å². The van der Waals surface area contributed by atoms with Crippen LogP contribution in [0.15, 0.2) is 65.8 Å². The van der Waals surface area contributed by atoms with Gasteiger partial charge in [-0.1, -0.05) is 38.1 Å². The first-order valence-corrected chi connectivity index (χ1v) is 10.8. The van der Waals surface area contributed by atoms with Gasteiger partial charge in [-0.05, 0) is 35.7 Å². The Morgan fingerprint density at radius 2 is 1.83 bits per heavy atom. The molecule has 3 aromatic rings. The van der Waals surface area contributed by atoms with Gasteiger partial charge in [0.25, 0.3) is 15.9 Å². The van der Waals surface area contributed by atoms with E-state index in [0.717, 1.165) is 11.4 Å². The quantitative estimate of drug-likeness (QED) is 0.528. The summed E-state index contributed by atoms with van der Waals surface area (Å²) in [6.07, 6.45) is 3.92. The number of benzene rings is 2. The van der Waals surface area contributed by atoms with Crippen LogP contribution in [0.25, 0.3) is 0 Å². The second-order valence-electron chi connectivity index (χ2n) is 6.92. The number of anilines is 1. The Morgan fingerprint density at radius 1 is 1.10 bits per heavy atom. The monoisotopic (exact) mass is 412 g/mol. The summed E-state index contributed by atoms with van der Waals surface area (Å²) in [5.74, 6) is 0.722. The van der Waals surface area contributed by atoms with E-state index in [1.165, 1.54) is 0 Å². The van der Waals surface area contributed by atoms with E-state index in [0.29, 0.717) is 18.9 Å². The van der Waals surface area contributed by atoms with Crippen molar-refractivity contribution in [2.24, 2.45) is 0 Å². The average Bonchev–Trinajstić information content (AvgIpc) is 3.21. The van der Waals surface area contributed by atoms with E-state index in [1.807, 2.05) is 13.8 Å². The molecule has 0 aliphatic heterocycles. The number of para-hydroxylation sites is 1. The van der Waals surface area contributed by atoms with E-state index in [-0.39, 0.29) is 22.1 Å². The molecule has 0 atom stereocenters. The molecular weight excluding hydrogens is 388 g/mol. The molecule has 0 saturated heterocycles. The molecule has 0 aliphatic rings. The summed E-state index contributed by atoms with van der Waals surface area (Å²) in [6.45, 7) is 4.47. The minimum Gasteiger partial charge on any atom is -0.352 e. The maximum atomic E-state index is 12.8. The number of imidazole rings is 1. The lowest BCUT2D eigenvalue weighted by atomic mass is 10.0. The number of aromatic nitrogens is 2. The lowest BCUT2D eigenvalue weighted by molar-refractivity contribution is 0.0955. The first-order valence-electron chi connectivity index (χ1n) is 9.35. The van der Waals surface area contributed by atoms with Crippen molar-refractivity contribution in [1.82, 2.24) is 15.3 Å². The summed E-state index contributed by atoms with van der Waals surface area (Å²) in [5.41, 5.74) is 1.55. The third-order valence-corrected chi connectivity index (χ3v) is 5.86. The zero-order valence-corrected chi connectivity index (χ0v) is 17.2. The smallest absolute Gasteiger partial charge is 0.261 e. The van der Waals surface area contributed by atoms with Gasteiger partial charge in [0.05, 0.1) is 16.1 Å². The normalized spacial score (nSPS) is 11.4. The van der Waals surface area contributed by atoms with Crippen molar-refractivity contribution in [3.05, 3.63) is 77.9 Å². The van der Waals surface area contributed by atoms with Crippen LogP contribution in [-0.4, -0.2) is 30.8 Å². The topological polar surface area (TPSA) is 104 Å². The Hall–Kier alpha value is -3.13. The van der Waals surface area contributed by atoms with Gasteiger partial charge in [0.15, 0.2) is 0 Å². The third kappa shape index (κ3) is 5.23. The molecule has 1 aromatic heterocycles. The Balaban J connectivity index is 1.72. The SMILES string of the molecule is CC(C)c1ccc(S(=O)(=O)Nc2ccccc2C(=O)NCCc2ncc[nH]2)cc1. The number of hydrogen-bond acceptors (Lipinski definition) is 4. The van der Waals surface area contributed by atoms with Crippen LogP contribution in [0, 0.1) is 0 Å². The van der Waals surface area contributed by atoms with E-state index in [1.54, 1.807) is 60.9 Å². The second kappa shape index (κ2) is 8.91. The molecule has 2 aromatic carbocycles. The van der Waals surface area contributed by atoms with Crippen molar-refractivity contribution in [2.45, 2.75) is 31.1 Å². The van der Waals surface area contributed by atoms with Crippen LogP contribution in [0.4, 0.5) is 5.69 Å². The maximum Gasteiger partial charge on any atom is 0.261 e. The van der Waals surface area contributed by atoms with Crippen molar-refractivity contribution >= 4 is 21.6 Å². The van der Waals surface area contributed by atoms with Gasteiger partial charge in [-0.15, -0.1) is 0 Å². The first kappa shape index (κ1) is 20.6. The van der Waals surface area contributed by atoms with Crippen molar-refractivity contribution in [1.29, 1.82) is 0 Å². The minimum absolute atomic E-state index is 0.148. The molecule has 0 radical (unpaired) electrons. The zero-order chi connectivity index (χ0) is 20.9. The Labute approximate surface area is 170 Å². The number of H-pyrrole nitrogens is 1. The fourth-order valence-electron chi connectivity index (χ4n) is 2.83. The highest BCUT2D eigenvalue weighted by molar-refractivity contribution is 7.92. The molecule has 8 heteroatoms. The summed E-state index contributed by atoms with van der Waals surface area (Å²) < 4.78 is 28.1.